The summed E-state index contributed by atoms with van der Waals surface area (Å²) in [6.07, 6.45) is 1.69. The molecule has 3 aromatic rings. The molecule has 7 nitrogen and oxygen atoms in total. The van der Waals surface area contributed by atoms with Crippen molar-refractivity contribution in [2.24, 2.45) is 5.10 Å². The Balaban J connectivity index is 1.93. The summed E-state index contributed by atoms with van der Waals surface area (Å²) in [6.45, 7) is 1.94. The van der Waals surface area contributed by atoms with Gasteiger partial charge in [0.2, 0.25) is 5.75 Å². The Morgan fingerprint density at radius 3 is 2.21 bits per heavy atom. The molecule has 1 N–H and O–H groups in total. The van der Waals surface area contributed by atoms with Crippen LogP contribution in [0, 0.1) is 6.92 Å². The molecule has 0 amide bonds. The maximum Gasteiger partial charge on any atom is 0.203 e. The molecule has 146 valence electrons. The van der Waals surface area contributed by atoms with Gasteiger partial charge in [-0.3, -0.25) is 10.4 Å². The molecular formula is C21H23N3O4. The quantitative estimate of drug-likeness (QED) is 0.492. The number of nitrogens with zero attached hydrogens (tertiary/aromatic N) is 2. The number of benzene rings is 2. The van der Waals surface area contributed by atoms with Gasteiger partial charge in [-0.1, -0.05) is 0 Å². The second-order valence-electron chi connectivity index (χ2n) is 6.02. The van der Waals surface area contributed by atoms with Gasteiger partial charge >= 0.3 is 0 Å². The average molecular weight is 381 g/mol. The van der Waals surface area contributed by atoms with Crippen LogP contribution in [0.15, 0.2) is 41.5 Å². The van der Waals surface area contributed by atoms with Crippen molar-refractivity contribution in [3.8, 4) is 23.0 Å². The molecule has 3 rings (SSSR count). The maximum absolute atomic E-state index is 5.37. The third-order valence-electron chi connectivity index (χ3n) is 4.23. The fourth-order valence-corrected chi connectivity index (χ4v) is 2.91. The number of aromatic nitrogens is 1. The molecule has 0 unspecified atom stereocenters. The predicted molar refractivity (Wildman–Crippen MR) is 110 cm³/mol. The van der Waals surface area contributed by atoms with E-state index in [0.29, 0.717) is 17.2 Å². The van der Waals surface area contributed by atoms with Crippen molar-refractivity contribution in [1.82, 2.24) is 4.98 Å². The van der Waals surface area contributed by atoms with Crippen molar-refractivity contribution < 1.29 is 18.9 Å². The highest BCUT2D eigenvalue weighted by molar-refractivity contribution is 5.93. The lowest BCUT2D eigenvalue weighted by atomic mass is 10.1. The Morgan fingerprint density at radius 1 is 0.893 bits per heavy atom. The van der Waals surface area contributed by atoms with Crippen LogP contribution >= 0.6 is 0 Å². The number of ether oxygens (including phenoxy) is 4. The van der Waals surface area contributed by atoms with Crippen LogP contribution in [0.5, 0.6) is 23.0 Å². The first-order valence-corrected chi connectivity index (χ1v) is 8.64. The minimum atomic E-state index is 0.540. The van der Waals surface area contributed by atoms with Gasteiger partial charge in [0, 0.05) is 16.6 Å². The van der Waals surface area contributed by atoms with E-state index < -0.39 is 0 Å². The zero-order valence-electron chi connectivity index (χ0n) is 16.6. The number of hydrogen-bond donors (Lipinski definition) is 1. The average Bonchev–Trinajstić information content (AvgIpc) is 2.72. The van der Waals surface area contributed by atoms with E-state index in [4.69, 9.17) is 18.9 Å². The van der Waals surface area contributed by atoms with Gasteiger partial charge in [-0.05, 0) is 43.3 Å². The van der Waals surface area contributed by atoms with E-state index in [0.717, 1.165) is 33.6 Å². The summed E-state index contributed by atoms with van der Waals surface area (Å²) in [5.41, 5.74) is 6.49. The summed E-state index contributed by atoms with van der Waals surface area (Å²) >= 11 is 0. The van der Waals surface area contributed by atoms with E-state index in [1.54, 1.807) is 34.7 Å². The standard InChI is InChI=1S/C21H23N3O4/c1-13-8-18(16-11-15(25-2)6-7-17(16)23-13)24-22-12-14-9-19(26-3)21(28-5)20(10-14)27-4/h6-12H,1-5H3,(H,23,24)/b22-12+. The molecule has 0 aliphatic heterocycles. The number of anilines is 1. The second kappa shape index (κ2) is 8.47. The first-order chi connectivity index (χ1) is 13.6. The molecule has 0 saturated heterocycles. The lowest BCUT2D eigenvalue weighted by Gasteiger charge is -2.12. The largest absolute Gasteiger partial charge is 0.497 e. The monoisotopic (exact) mass is 381 g/mol. The Kier molecular flexibility index (Phi) is 5.84. The van der Waals surface area contributed by atoms with Gasteiger partial charge < -0.3 is 18.9 Å². The minimum Gasteiger partial charge on any atom is -0.497 e. The normalized spacial score (nSPS) is 10.9. The summed E-state index contributed by atoms with van der Waals surface area (Å²) in [5.74, 6) is 2.43. The SMILES string of the molecule is COc1ccc2nc(C)cc(N/N=C/c3cc(OC)c(OC)c(OC)c3)c2c1. The lowest BCUT2D eigenvalue weighted by molar-refractivity contribution is 0.324. The van der Waals surface area contributed by atoms with Crippen LogP contribution in [0.25, 0.3) is 10.9 Å². The van der Waals surface area contributed by atoms with E-state index >= 15 is 0 Å². The highest BCUT2D eigenvalue weighted by Gasteiger charge is 2.12. The minimum absolute atomic E-state index is 0.540. The van der Waals surface area contributed by atoms with Crippen molar-refractivity contribution in [1.29, 1.82) is 0 Å². The van der Waals surface area contributed by atoms with Crippen LogP contribution in [0.2, 0.25) is 0 Å². The molecule has 0 radical (unpaired) electrons. The molecule has 0 aliphatic rings. The van der Waals surface area contributed by atoms with Crippen LogP contribution < -0.4 is 24.4 Å². The van der Waals surface area contributed by atoms with Gasteiger partial charge in [0.05, 0.1) is 45.9 Å². The Labute approximate surface area is 163 Å². The summed E-state index contributed by atoms with van der Waals surface area (Å²) in [6, 6.07) is 11.3. The van der Waals surface area contributed by atoms with Gasteiger partial charge in [0.1, 0.15) is 5.75 Å². The number of hydrogen-bond acceptors (Lipinski definition) is 7. The van der Waals surface area contributed by atoms with Crippen LogP contribution in [0.3, 0.4) is 0 Å². The summed E-state index contributed by atoms with van der Waals surface area (Å²) in [7, 11) is 6.37. The summed E-state index contributed by atoms with van der Waals surface area (Å²) < 4.78 is 21.4. The molecule has 0 saturated carbocycles. The van der Waals surface area contributed by atoms with Gasteiger partial charge in [0.15, 0.2) is 11.5 Å². The molecule has 28 heavy (non-hydrogen) atoms. The zero-order valence-corrected chi connectivity index (χ0v) is 16.6. The molecule has 1 heterocycles. The fourth-order valence-electron chi connectivity index (χ4n) is 2.91. The fraction of sp³-hybridized carbons (Fsp3) is 0.238. The Bertz CT molecular complexity index is 993. The lowest BCUT2D eigenvalue weighted by Crippen LogP contribution is -1.98. The number of fused-ring (bicyclic) bond motifs is 1. The summed E-state index contributed by atoms with van der Waals surface area (Å²) in [4.78, 5) is 4.55. The molecule has 0 atom stereocenters. The molecule has 7 heteroatoms. The van der Waals surface area contributed by atoms with Gasteiger partial charge in [0.25, 0.3) is 0 Å². The highest BCUT2D eigenvalue weighted by atomic mass is 16.5. The van der Waals surface area contributed by atoms with Crippen LogP contribution in [0.4, 0.5) is 5.69 Å². The van der Waals surface area contributed by atoms with E-state index in [9.17, 15) is 0 Å². The molecule has 1 aromatic heterocycles. The van der Waals surface area contributed by atoms with Crippen LogP contribution in [0.1, 0.15) is 11.3 Å². The van der Waals surface area contributed by atoms with Crippen molar-refractivity contribution in [3.05, 3.63) is 47.7 Å². The van der Waals surface area contributed by atoms with Gasteiger partial charge in [-0.15, -0.1) is 0 Å². The maximum atomic E-state index is 5.37. The van der Waals surface area contributed by atoms with E-state index in [-0.39, 0.29) is 0 Å². The molecule has 2 aromatic carbocycles. The number of pyridine rings is 1. The van der Waals surface area contributed by atoms with Crippen molar-refractivity contribution >= 4 is 22.8 Å². The van der Waals surface area contributed by atoms with E-state index in [1.807, 2.05) is 43.3 Å². The topological polar surface area (TPSA) is 74.2 Å². The van der Waals surface area contributed by atoms with Crippen LogP contribution in [-0.2, 0) is 0 Å². The number of rotatable bonds is 7. The van der Waals surface area contributed by atoms with Crippen LogP contribution in [-0.4, -0.2) is 39.6 Å². The predicted octanol–water partition coefficient (Wildman–Crippen LogP) is 4.02. The van der Waals surface area contributed by atoms with Gasteiger partial charge in [-0.25, -0.2) is 0 Å². The third kappa shape index (κ3) is 3.93. The van der Waals surface area contributed by atoms with Crippen molar-refractivity contribution in [2.75, 3.05) is 33.9 Å². The first-order valence-electron chi connectivity index (χ1n) is 8.64. The molecule has 0 fully saturated rings. The van der Waals surface area contributed by atoms with E-state index in [2.05, 4.69) is 15.5 Å². The highest BCUT2D eigenvalue weighted by Crippen LogP contribution is 2.37. The molecule has 0 spiro atoms. The van der Waals surface area contributed by atoms with E-state index in [1.165, 1.54) is 0 Å². The molecular weight excluding hydrogens is 358 g/mol. The van der Waals surface area contributed by atoms with Crippen molar-refractivity contribution in [2.45, 2.75) is 6.92 Å². The number of methoxy groups -OCH3 is 4. The number of aryl methyl sites for hydroxylation is 1. The first kappa shape index (κ1) is 19.3. The third-order valence-corrected chi connectivity index (χ3v) is 4.23. The second-order valence-corrected chi connectivity index (χ2v) is 6.02. The molecule has 0 aliphatic carbocycles. The van der Waals surface area contributed by atoms with Gasteiger partial charge in [-0.2, -0.15) is 5.10 Å². The zero-order chi connectivity index (χ0) is 20.1. The Hall–Kier alpha value is -3.48. The van der Waals surface area contributed by atoms with Crippen molar-refractivity contribution in [3.63, 3.8) is 0 Å². The smallest absolute Gasteiger partial charge is 0.203 e. The number of nitrogens with one attached hydrogen (secondary N) is 1. The number of hydrazone groups is 1. The summed E-state index contributed by atoms with van der Waals surface area (Å²) in [5, 5.41) is 5.29. The molecule has 0 bridgehead atoms. The Morgan fingerprint density at radius 2 is 1.61 bits per heavy atom.